The lowest BCUT2D eigenvalue weighted by atomic mass is 10.1. The third-order valence-corrected chi connectivity index (χ3v) is 4.51. The fourth-order valence-corrected chi connectivity index (χ4v) is 3.02. The quantitative estimate of drug-likeness (QED) is 0.328. The zero-order chi connectivity index (χ0) is 20.1. The Kier molecular flexibility index (Phi) is 6.03. The van der Waals surface area contributed by atoms with E-state index in [9.17, 15) is 9.59 Å². The number of ether oxygens (including phenoxy) is 1. The summed E-state index contributed by atoms with van der Waals surface area (Å²) in [5.41, 5.74) is 10.2. The normalized spacial score (nSPS) is 14.1. The van der Waals surface area contributed by atoms with Crippen LogP contribution in [-0.4, -0.2) is 33.0 Å². The Morgan fingerprint density at radius 3 is 2.89 bits per heavy atom. The molecule has 1 fully saturated rings. The van der Waals surface area contributed by atoms with Crippen molar-refractivity contribution in [3.05, 3.63) is 47.2 Å². The third-order valence-electron chi connectivity index (χ3n) is 4.51. The highest BCUT2D eigenvalue weighted by atomic mass is 16.5. The topological polar surface area (TPSA) is 129 Å². The summed E-state index contributed by atoms with van der Waals surface area (Å²) in [7, 11) is 0. The summed E-state index contributed by atoms with van der Waals surface area (Å²) in [6, 6.07) is 2.12. The lowest BCUT2D eigenvalue weighted by molar-refractivity contribution is -0.143. The number of esters is 1. The molecule has 3 rings (SSSR count). The van der Waals surface area contributed by atoms with Gasteiger partial charge in [0, 0.05) is 25.0 Å². The highest BCUT2D eigenvalue weighted by Crippen LogP contribution is 2.40. The van der Waals surface area contributed by atoms with Crippen molar-refractivity contribution < 1.29 is 19.4 Å². The van der Waals surface area contributed by atoms with Gasteiger partial charge >= 0.3 is 11.9 Å². The number of nitrogens with zero attached hydrogens (tertiary/aromatic N) is 3. The second kappa shape index (κ2) is 8.64. The summed E-state index contributed by atoms with van der Waals surface area (Å²) >= 11 is 0. The van der Waals surface area contributed by atoms with Crippen molar-refractivity contribution in [1.29, 1.82) is 5.53 Å². The molecular formula is C19H23N5O4. The first kappa shape index (κ1) is 19.5. The van der Waals surface area contributed by atoms with Crippen LogP contribution in [-0.2, 0) is 27.3 Å². The average Bonchev–Trinajstić information content (AvgIpc) is 3.43. The number of fused-ring (bicyclic) bond motifs is 1. The summed E-state index contributed by atoms with van der Waals surface area (Å²) in [6.45, 7) is 2.45. The van der Waals surface area contributed by atoms with E-state index in [4.69, 9.17) is 15.4 Å². The zero-order valence-corrected chi connectivity index (χ0v) is 15.6. The van der Waals surface area contributed by atoms with Crippen molar-refractivity contribution in [2.75, 3.05) is 6.61 Å². The van der Waals surface area contributed by atoms with Gasteiger partial charge in [0.15, 0.2) is 5.70 Å². The minimum Gasteiger partial charge on any atom is -0.476 e. The van der Waals surface area contributed by atoms with Gasteiger partial charge in [-0.2, -0.15) is 0 Å². The molecule has 2 heterocycles. The largest absolute Gasteiger partial charge is 0.476 e. The van der Waals surface area contributed by atoms with Gasteiger partial charge in [0.05, 0.1) is 18.8 Å². The van der Waals surface area contributed by atoms with Gasteiger partial charge in [-0.25, -0.2) is 15.3 Å². The molecule has 0 amide bonds. The number of aromatic nitrogens is 2. The van der Waals surface area contributed by atoms with Crippen LogP contribution < -0.4 is 5.32 Å². The van der Waals surface area contributed by atoms with E-state index in [1.807, 2.05) is 10.6 Å². The van der Waals surface area contributed by atoms with Crippen LogP contribution in [0.4, 0.5) is 0 Å². The molecule has 0 saturated heterocycles. The van der Waals surface area contributed by atoms with Crippen LogP contribution in [0.1, 0.15) is 48.9 Å². The predicted octanol–water partition coefficient (Wildman–Crippen LogP) is 2.75. The predicted molar refractivity (Wildman–Crippen MR) is 99.8 cm³/mol. The van der Waals surface area contributed by atoms with Crippen molar-refractivity contribution in [2.24, 2.45) is 5.11 Å². The Balaban J connectivity index is 1.80. The van der Waals surface area contributed by atoms with Crippen molar-refractivity contribution in [1.82, 2.24) is 14.7 Å². The molecule has 28 heavy (non-hydrogen) atoms. The smallest absolute Gasteiger partial charge is 0.357 e. The summed E-state index contributed by atoms with van der Waals surface area (Å²) in [6.07, 6.45) is 8.32. The van der Waals surface area contributed by atoms with Gasteiger partial charge in [-0.1, -0.05) is 6.07 Å². The Hall–Kier alpha value is -3.23. The van der Waals surface area contributed by atoms with Gasteiger partial charge in [-0.3, -0.25) is 4.79 Å². The number of aliphatic carboxylic acids is 1. The van der Waals surface area contributed by atoms with E-state index in [1.54, 1.807) is 6.92 Å². The maximum absolute atomic E-state index is 11.7. The number of pyridine rings is 1. The summed E-state index contributed by atoms with van der Waals surface area (Å²) < 4.78 is 6.98. The molecule has 1 aliphatic rings. The Labute approximate surface area is 161 Å². The third kappa shape index (κ3) is 4.73. The van der Waals surface area contributed by atoms with Crippen molar-refractivity contribution in [3.8, 4) is 0 Å². The average molecular weight is 385 g/mol. The van der Waals surface area contributed by atoms with Crippen molar-refractivity contribution >= 4 is 17.6 Å². The first-order valence-electron chi connectivity index (χ1n) is 9.22. The number of nitrogens with one attached hydrogen (secondary N) is 2. The van der Waals surface area contributed by atoms with Gasteiger partial charge in [-0.05, 0) is 43.2 Å². The molecule has 0 radical (unpaired) electrons. The lowest BCUT2D eigenvalue weighted by Gasteiger charge is -2.07. The number of carboxylic acid groups (broad SMARTS) is 1. The summed E-state index contributed by atoms with van der Waals surface area (Å²) in [5.74, 6) is -0.932. The van der Waals surface area contributed by atoms with Crippen LogP contribution in [0.15, 0.2) is 35.5 Å². The van der Waals surface area contributed by atoms with Crippen LogP contribution in [0.25, 0.3) is 5.65 Å². The molecule has 1 aliphatic carbocycles. The lowest BCUT2D eigenvalue weighted by Crippen LogP contribution is -2.09. The minimum atomic E-state index is -1.27. The van der Waals surface area contributed by atoms with E-state index in [1.165, 1.54) is 24.6 Å². The number of carbonyl (C=O) groups excluding carboxylic acids is 1. The van der Waals surface area contributed by atoms with E-state index >= 15 is 0 Å². The van der Waals surface area contributed by atoms with E-state index in [0.29, 0.717) is 31.9 Å². The number of carbonyl (C=O) groups is 2. The van der Waals surface area contributed by atoms with E-state index in [0.717, 1.165) is 16.9 Å². The molecular weight excluding hydrogens is 362 g/mol. The Bertz CT molecular complexity index is 930. The van der Waals surface area contributed by atoms with Crippen LogP contribution in [0, 0.1) is 5.53 Å². The van der Waals surface area contributed by atoms with Crippen molar-refractivity contribution in [3.63, 3.8) is 0 Å². The van der Waals surface area contributed by atoms with Gasteiger partial charge in [-0.15, -0.1) is 5.11 Å². The van der Waals surface area contributed by atoms with Gasteiger partial charge in [0.1, 0.15) is 5.65 Å². The first-order valence-corrected chi connectivity index (χ1v) is 9.22. The van der Waals surface area contributed by atoms with E-state index < -0.39 is 5.97 Å². The SMILES string of the molecule is CCOC(=O)CCc1cc(C2CC2)cn2cc(CN/C=C(\N=N)C(=O)O)nc12. The van der Waals surface area contributed by atoms with Gasteiger partial charge in [0.2, 0.25) is 0 Å². The fourth-order valence-electron chi connectivity index (χ4n) is 3.02. The molecule has 0 atom stereocenters. The molecule has 0 aliphatic heterocycles. The Morgan fingerprint density at radius 2 is 2.25 bits per heavy atom. The summed E-state index contributed by atoms with van der Waals surface area (Å²) in [4.78, 5) is 27.2. The first-order chi connectivity index (χ1) is 13.5. The standard InChI is InChI=1S/C19H23N5O4/c1-2-28-17(25)6-5-13-7-14(12-3-4-12)10-24-11-15(22-18(13)24)8-21-9-16(23-20)19(26)27/h7,9-12,20-21H,2-6,8H2,1H3,(H,26,27)/b16-9-,23-20?. The van der Waals surface area contributed by atoms with Gasteiger partial charge in [0.25, 0.3) is 0 Å². The molecule has 0 aromatic carbocycles. The second-order valence-corrected chi connectivity index (χ2v) is 6.67. The number of imidazole rings is 1. The minimum absolute atomic E-state index is 0.226. The van der Waals surface area contributed by atoms with Crippen LogP contribution in [0.5, 0.6) is 0 Å². The molecule has 148 valence electrons. The summed E-state index contributed by atoms with van der Waals surface area (Å²) in [5, 5.41) is 14.6. The molecule has 2 aromatic heterocycles. The van der Waals surface area contributed by atoms with Gasteiger partial charge < -0.3 is 19.6 Å². The highest BCUT2D eigenvalue weighted by Gasteiger charge is 2.25. The Morgan fingerprint density at radius 1 is 1.46 bits per heavy atom. The van der Waals surface area contributed by atoms with E-state index in [2.05, 4.69) is 27.7 Å². The molecule has 0 spiro atoms. The highest BCUT2D eigenvalue weighted by molar-refractivity contribution is 5.85. The van der Waals surface area contributed by atoms with Crippen molar-refractivity contribution in [2.45, 2.75) is 45.1 Å². The van der Waals surface area contributed by atoms with Crippen LogP contribution in [0.2, 0.25) is 0 Å². The molecule has 9 heteroatoms. The molecule has 0 unspecified atom stereocenters. The van der Waals surface area contributed by atoms with Crippen LogP contribution >= 0.6 is 0 Å². The number of hydrogen-bond donors (Lipinski definition) is 3. The molecule has 0 bridgehead atoms. The zero-order valence-electron chi connectivity index (χ0n) is 15.6. The fraction of sp³-hybridized carbons (Fsp3) is 0.421. The molecule has 3 N–H and O–H groups in total. The molecule has 2 aromatic rings. The van der Waals surface area contributed by atoms with E-state index in [-0.39, 0.29) is 11.7 Å². The number of carboxylic acids is 1. The maximum atomic E-state index is 11.7. The second-order valence-electron chi connectivity index (χ2n) is 6.67. The maximum Gasteiger partial charge on any atom is 0.357 e. The molecule has 9 nitrogen and oxygen atoms in total. The number of rotatable bonds is 10. The number of aryl methyl sites for hydroxylation is 1. The van der Waals surface area contributed by atoms with Crippen LogP contribution in [0.3, 0.4) is 0 Å². The molecule has 1 saturated carbocycles. The number of hydrogen-bond acceptors (Lipinski definition) is 7. The monoisotopic (exact) mass is 385 g/mol.